The molecule has 0 saturated heterocycles. The molecule has 0 unspecified atom stereocenters. The predicted molar refractivity (Wildman–Crippen MR) is 70.5 cm³/mol. The Kier molecular flexibility index (Phi) is 3.95. The van der Waals surface area contributed by atoms with Crippen LogP contribution in [0.5, 0.6) is 5.75 Å². The fourth-order valence-corrected chi connectivity index (χ4v) is 2.19. The lowest BCUT2D eigenvalue weighted by molar-refractivity contribution is 0.103. The lowest BCUT2D eigenvalue weighted by Gasteiger charge is -2.06. The van der Waals surface area contributed by atoms with Gasteiger partial charge in [-0.15, -0.1) is 0 Å². The van der Waals surface area contributed by atoms with Crippen molar-refractivity contribution in [1.29, 1.82) is 0 Å². The van der Waals surface area contributed by atoms with Crippen LogP contribution in [0, 0.1) is 11.6 Å². The van der Waals surface area contributed by atoms with Crippen LogP contribution >= 0.6 is 15.9 Å². The van der Waals surface area contributed by atoms with Gasteiger partial charge in [0.05, 0.1) is 7.11 Å². The maximum atomic E-state index is 13.1. The van der Waals surface area contributed by atoms with Gasteiger partial charge in [0.15, 0.2) is 5.78 Å². The minimum Gasteiger partial charge on any atom is -0.497 e. The zero-order chi connectivity index (χ0) is 14.0. The Bertz CT molecular complexity index is 621. The summed E-state index contributed by atoms with van der Waals surface area (Å²) < 4.78 is 31.7. The number of benzene rings is 2. The molecular formula is C14H9BrF2O2. The molecule has 0 aliphatic rings. The van der Waals surface area contributed by atoms with E-state index in [1.807, 2.05) is 0 Å². The van der Waals surface area contributed by atoms with Gasteiger partial charge < -0.3 is 4.74 Å². The number of ether oxygens (including phenoxy) is 1. The number of hydrogen-bond acceptors (Lipinski definition) is 2. The molecule has 0 N–H and O–H groups in total. The van der Waals surface area contributed by atoms with Gasteiger partial charge in [0.2, 0.25) is 0 Å². The highest BCUT2D eigenvalue weighted by molar-refractivity contribution is 9.10. The smallest absolute Gasteiger partial charge is 0.194 e. The van der Waals surface area contributed by atoms with E-state index in [4.69, 9.17) is 4.74 Å². The Morgan fingerprint density at radius 3 is 2.26 bits per heavy atom. The maximum Gasteiger partial charge on any atom is 0.194 e. The fraction of sp³-hybridized carbons (Fsp3) is 0.0714. The molecule has 0 amide bonds. The van der Waals surface area contributed by atoms with Gasteiger partial charge in [-0.25, -0.2) is 8.78 Å². The van der Waals surface area contributed by atoms with Crippen LogP contribution in [0.4, 0.5) is 8.78 Å². The van der Waals surface area contributed by atoms with Gasteiger partial charge >= 0.3 is 0 Å². The van der Waals surface area contributed by atoms with Gasteiger partial charge in [0.1, 0.15) is 17.4 Å². The fourth-order valence-electron chi connectivity index (χ4n) is 1.65. The van der Waals surface area contributed by atoms with Crippen LogP contribution in [0.2, 0.25) is 0 Å². The van der Waals surface area contributed by atoms with E-state index >= 15 is 0 Å². The second kappa shape index (κ2) is 5.48. The Balaban J connectivity index is 2.44. The highest BCUT2D eigenvalue weighted by Crippen LogP contribution is 2.25. The lowest BCUT2D eigenvalue weighted by Crippen LogP contribution is -2.04. The van der Waals surface area contributed by atoms with Crippen LogP contribution in [-0.2, 0) is 0 Å². The first-order valence-corrected chi connectivity index (χ1v) is 6.15. The SMILES string of the molecule is COc1ccc(C(=O)c2cc(F)cc(F)c2)c(Br)c1. The van der Waals surface area contributed by atoms with Crippen molar-refractivity contribution in [3.63, 3.8) is 0 Å². The quantitative estimate of drug-likeness (QED) is 0.798. The molecular weight excluding hydrogens is 318 g/mol. The highest BCUT2D eigenvalue weighted by Gasteiger charge is 2.15. The van der Waals surface area contributed by atoms with Crippen LogP contribution in [0.15, 0.2) is 40.9 Å². The number of rotatable bonds is 3. The number of hydrogen-bond donors (Lipinski definition) is 0. The van der Waals surface area contributed by atoms with Gasteiger partial charge in [-0.2, -0.15) is 0 Å². The monoisotopic (exact) mass is 326 g/mol. The van der Waals surface area contributed by atoms with E-state index < -0.39 is 17.4 Å². The van der Waals surface area contributed by atoms with Crippen molar-refractivity contribution < 1.29 is 18.3 Å². The van der Waals surface area contributed by atoms with E-state index in [1.54, 1.807) is 12.1 Å². The summed E-state index contributed by atoms with van der Waals surface area (Å²) in [4.78, 5) is 12.2. The first-order chi connectivity index (χ1) is 9.01. The number of carbonyl (C=O) groups is 1. The first-order valence-electron chi connectivity index (χ1n) is 5.35. The molecule has 0 atom stereocenters. The summed E-state index contributed by atoms with van der Waals surface area (Å²) in [5.41, 5.74) is 0.272. The van der Waals surface area contributed by atoms with E-state index in [-0.39, 0.29) is 5.56 Å². The molecule has 0 fully saturated rings. The maximum absolute atomic E-state index is 13.1. The molecule has 2 aromatic carbocycles. The summed E-state index contributed by atoms with van der Waals surface area (Å²) in [5.74, 6) is -1.46. The summed E-state index contributed by atoms with van der Waals surface area (Å²) in [6.45, 7) is 0. The Morgan fingerprint density at radius 2 is 1.74 bits per heavy atom. The van der Waals surface area contributed by atoms with Gasteiger partial charge in [0, 0.05) is 21.7 Å². The third kappa shape index (κ3) is 2.98. The number of methoxy groups -OCH3 is 1. The van der Waals surface area contributed by atoms with Crippen molar-refractivity contribution in [3.05, 3.63) is 63.6 Å². The molecule has 0 aliphatic heterocycles. The second-order valence-electron chi connectivity index (χ2n) is 3.83. The number of ketones is 1. The Labute approximate surface area is 117 Å². The molecule has 98 valence electrons. The van der Waals surface area contributed by atoms with Crippen LogP contribution in [0.3, 0.4) is 0 Å². The van der Waals surface area contributed by atoms with Crippen molar-refractivity contribution >= 4 is 21.7 Å². The summed E-state index contributed by atoms with van der Waals surface area (Å²) in [5, 5.41) is 0. The summed E-state index contributed by atoms with van der Waals surface area (Å²) in [6.07, 6.45) is 0. The van der Waals surface area contributed by atoms with E-state index in [0.717, 1.165) is 18.2 Å². The number of carbonyl (C=O) groups excluding carboxylic acids is 1. The molecule has 0 aromatic heterocycles. The zero-order valence-corrected chi connectivity index (χ0v) is 11.5. The largest absolute Gasteiger partial charge is 0.497 e. The molecule has 19 heavy (non-hydrogen) atoms. The van der Waals surface area contributed by atoms with Crippen molar-refractivity contribution in [2.45, 2.75) is 0 Å². The lowest BCUT2D eigenvalue weighted by atomic mass is 10.0. The first kappa shape index (κ1) is 13.7. The van der Waals surface area contributed by atoms with E-state index in [2.05, 4.69) is 15.9 Å². The molecule has 0 radical (unpaired) electrons. The third-order valence-corrected chi connectivity index (χ3v) is 3.20. The van der Waals surface area contributed by atoms with E-state index in [1.165, 1.54) is 13.2 Å². The molecule has 0 aliphatic carbocycles. The van der Waals surface area contributed by atoms with Crippen molar-refractivity contribution in [3.8, 4) is 5.75 Å². The van der Waals surface area contributed by atoms with Gasteiger partial charge in [-0.05, 0) is 46.3 Å². The standard InChI is InChI=1S/C14H9BrF2O2/c1-19-11-2-3-12(13(15)7-11)14(18)8-4-9(16)6-10(17)5-8/h2-7H,1H3. The van der Waals surface area contributed by atoms with E-state index in [0.29, 0.717) is 15.8 Å². The molecule has 2 rings (SSSR count). The van der Waals surface area contributed by atoms with Crippen LogP contribution in [0.25, 0.3) is 0 Å². The molecule has 5 heteroatoms. The molecule has 2 nitrogen and oxygen atoms in total. The van der Waals surface area contributed by atoms with Crippen LogP contribution in [0.1, 0.15) is 15.9 Å². The van der Waals surface area contributed by atoms with Gasteiger partial charge in [-0.3, -0.25) is 4.79 Å². The molecule has 0 heterocycles. The Hall–Kier alpha value is -1.75. The second-order valence-corrected chi connectivity index (χ2v) is 4.69. The number of halogens is 3. The van der Waals surface area contributed by atoms with Crippen molar-refractivity contribution in [1.82, 2.24) is 0 Å². The third-order valence-electron chi connectivity index (χ3n) is 2.55. The minimum atomic E-state index is -0.784. The Morgan fingerprint density at radius 1 is 1.11 bits per heavy atom. The summed E-state index contributed by atoms with van der Waals surface area (Å²) >= 11 is 3.23. The normalized spacial score (nSPS) is 10.3. The van der Waals surface area contributed by atoms with Crippen LogP contribution < -0.4 is 4.74 Å². The predicted octanol–water partition coefficient (Wildman–Crippen LogP) is 3.97. The van der Waals surface area contributed by atoms with E-state index in [9.17, 15) is 13.6 Å². The molecule has 0 bridgehead atoms. The van der Waals surface area contributed by atoms with Gasteiger partial charge in [-0.1, -0.05) is 0 Å². The molecule has 2 aromatic rings. The topological polar surface area (TPSA) is 26.3 Å². The van der Waals surface area contributed by atoms with Crippen molar-refractivity contribution in [2.24, 2.45) is 0 Å². The molecule has 0 saturated carbocycles. The van der Waals surface area contributed by atoms with Gasteiger partial charge in [0.25, 0.3) is 0 Å². The van der Waals surface area contributed by atoms with Crippen LogP contribution in [-0.4, -0.2) is 12.9 Å². The average Bonchev–Trinajstić information content (AvgIpc) is 2.36. The summed E-state index contributed by atoms with van der Waals surface area (Å²) in [7, 11) is 1.51. The molecule has 0 spiro atoms. The average molecular weight is 327 g/mol. The zero-order valence-electron chi connectivity index (χ0n) is 9.91. The van der Waals surface area contributed by atoms with Crippen molar-refractivity contribution in [2.75, 3.05) is 7.11 Å². The highest BCUT2D eigenvalue weighted by atomic mass is 79.9. The minimum absolute atomic E-state index is 0.0385. The summed E-state index contributed by atoms with van der Waals surface area (Å²) in [6, 6.07) is 7.48.